The van der Waals surface area contributed by atoms with E-state index in [1.165, 1.54) is 13.2 Å². The van der Waals surface area contributed by atoms with Crippen LogP contribution in [0.1, 0.15) is 0 Å². The van der Waals surface area contributed by atoms with Gasteiger partial charge in [-0.15, -0.1) is 0 Å². The number of hydrogen-bond acceptors (Lipinski definition) is 2. The molecule has 2 unspecified atom stereocenters. The van der Waals surface area contributed by atoms with E-state index in [1.54, 1.807) is 12.2 Å². The smallest absolute Gasteiger partial charge is 0.337 e. The maximum Gasteiger partial charge on any atom is 0.337 e. The molecule has 0 bridgehead atoms. The Hall–Kier alpha value is -0.640. The van der Waals surface area contributed by atoms with Gasteiger partial charge in [-0.25, -0.2) is 9.18 Å². The normalized spacial score (nSPS) is 26.8. The zero-order chi connectivity index (χ0) is 9.84. The fourth-order valence-electron chi connectivity index (χ4n) is 1.07. The van der Waals surface area contributed by atoms with E-state index in [-0.39, 0.29) is 11.5 Å². The highest BCUT2D eigenvalue weighted by Crippen LogP contribution is 2.22. The number of esters is 1. The highest BCUT2D eigenvalue weighted by molar-refractivity contribution is 9.09. The molecule has 0 radical (unpaired) electrons. The molecule has 0 aromatic carbocycles. The predicted molar refractivity (Wildman–Crippen MR) is 51.4 cm³/mol. The van der Waals surface area contributed by atoms with Crippen molar-refractivity contribution in [3.05, 3.63) is 23.8 Å². The fourth-order valence-corrected chi connectivity index (χ4v) is 1.65. The second kappa shape index (κ2) is 4.56. The summed E-state index contributed by atoms with van der Waals surface area (Å²) in [5.74, 6) is -0.680. The topological polar surface area (TPSA) is 26.3 Å². The quantitative estimate of drug-likeness (QED) is 0.552. The summed E-state index contributed by atoms with van der Waals surface area (Å²) in [4.78, 5) is 11.0. The van der Waals surface area contributed by atoms with E-state index in [9.17, 15) is 9.18 Å². The lowest BCUT2D eigenvalue weighted by Crippen LogP contribution is -2.19. The van der Waals surface area contributed by atoms with Gasteiger partial charge in [0.25, 0.3) is 0 Å². The Bertz CT molecular complexity index is 260. The van der Waals surface area contributed by atoms with Crippen LogP contribution in [0.25, 0.3) is 0 Å². The van der Waals surface area contributed by atoms with Crippen LogP contribution in [0.5, 0.6) is 0 Å². The standard InChI is InChI=1S/C9H10BrFO2/c1-13-9(12)6-2-3-7(5-10)8(11)4-6/h2-4,7-8H,5H2,1H3. The first-order chi connectivity index (χ1) is 6.19. The van der Waals surface area contributed by atoms with Crippen molar-refractivity contribution in [2.45, 2.75) is 6.17 Å². The molecule has 0 amide bonds. The molecule has 0 saturated heterocycles. The summed E-state index contributed by atoms with van der Waals surface area (Å²) in [7, 11) is 1.28. The molecule has 0 N–H and O–H groups in total. The number of allylic oxidation sites excluding steroid dienone is 2. The molecule has 2 atom stereocenters. The average Bonchev–Trinajstić information content (AvgIpc) is 2.16. The summed E-state index contributed by atoms with van der Waals surface area (Å²) in [5.41, 5.74) is 0.284. The molecule has 72 valence electrons. The number of carbonyl (C=O) groups excluding carboxylic acids is 1. The van der Waals surface area contributed by atoms with E-state index in [4.69, 9.17) is 0 Å². The highest BCUT2D eigenvalue weighted by Gasteiger charge is 2.21. The van der Waals surface area contributed by atoms with Gasteiger partial charge in [-0.2, -0.15) is 0 Å². The summed E-state index contributed by atoms with van der Waals surface area (Å²) < 4.78 is 17.7. The Morgan fingerprint density at radius 3 is 2.92 bits per heavy atom. The van der Waals surface area contributed by atoms with Crippen molar-refractivity contribution >= 4 is 21.9 Å². The molecule has 0 spiro atoms. The fraction of sp³-hybridized carbons (Fsp3) is 0.444. The first-order valence-corrected chi connectivity index (χ1v) is 4.99. The van der Waals surface area contributed by atoms with Crippen molar-refractivity contribution in [1.82, 2.24) is 0 Å². The molecular formula is C9H10BrFO2. The molecule has 13 heavy (non-hydrogen) atoms. The monoisotopic (exact) mass is 248 g/mol. The summed E-state index contributed by atoms with van der Waals surface area (Å²) >= 11 is 3.19. The number of alkyl halides is 2. The van der Waals surface area contributed by atoms with Gasteiger partial charge >= 0.3 is 5.97 Å². The van der Waals surface area contributed by atoms with E-state index in [0.717, 1.165) is 0 Å². The number of carbonyl (C=O) groups is 1. The lowest BCUT2D eigenvalue weighted by Gasteiger charge is -2.16. The van der Waals surface area contributed by atoms with Crippen molar-refractivity contribution in [2.75, 3.05) is 12.4 Å². The zero-order valence-electron chi connectivity index (χ0n) is 7.17. The molecule has 1 rings (SSSR count). The minimum absolute atomic E-state index is 0.187. The Morgan fingerprint density at radius 2 is 2.46 bits per heavy atom. The second-order valence-corrected chi connectivity index (χ2v) is 3.38. The van der Waals surface area contributed by atoms with Gasteiger partial charge in [0, 0.05) is 11.2 Å². The van der Waals surface area contributed by atoms with E-state index < -0.39 is 12.1 Å². The maximum absolute atomic E-state index is 13.2. The molecule has 1 aliphatic rings. The summed E-state index contributed by atoms with van der Waals surface area (Å²) in [5, 5.41) is 0.551. The van der Waals surface area contributed by atoms with Gasteiger partial charge in [0.15, 0.2) is 0 Å². The van der Waals surface area contributed by atoms with Crippen LogP contribution < -0.4 is 0 Å². The molecule has 0 aromatic rings. The van der Waals surface area contributed by atoms with Crippen molar-refractivity contribution in [1.29, 1.82) is 0 Å². The number of methoxy groups -OCH3 is 1. The Balaban J connectivity index is 2.73. The second-order valence-electron chi connectivity index (χ2n) is 2.74. The van der Waals surface area contributed by atoms with Crippen LogP contribution in [0, 0.1) is 5.92 Å². The summed E-state index contributed by atoms with van der Waals surface area (Å²) in [6.45, 7) is 0. The largest absolute Gasteiger partial charge is 0.465 e. The Morgan fingerprint density at radius 1 is 1.77 bits per heavy atom. The average molecular weight is 249 g/mol. The lowest BCUT2D eigenvalue weighted by molar-refractivity contribution is -0.135. The minimum Gasteiger partial charge on any atom is -0.465 e. The molecule has 0 aliphatic heterocycles. The van der Waals surface area contributed by atoms with Crippen molar-refractivity contribution < 1.29 is 13.9 Å². The van der Waals surface area contributed by atoms with Gasteiger partial charge in [0.2, 0.25) is 0 Å². The molecule has 0 fully saturated rings. The van der Waals surface area contributed by atoms with E-state index in [0.29, 0.717) is 5.33 Å². The van der Waals surface area contributed by atoms with E-state index >= 15 is 0 Å². The van der Waals surface area contributed by atoms with Crippen LogP contribution in [0.3, 0.4) is 0 Å². The third-order valence-corrected chi connectivity index (χ3v) is 2.62. The Labute approximate surface area is 84.6 Å². The van der Waals surface area contributed by atoms with Crippen LogP contribution in [0.15, 0.2) is 23.8 Å². The molecule has 1 aliphatic carbocycles. The van der Waals surface area contributed by atoms with Crippen LogP contribution in [-0.2, 0) is 9.53 Å². The van der Waals surface area contributed by atoms with Gasteiger partial charge in [-0.05, 0) is 6.08 Å². The van der Waals surface area contributed by atoms with Gasteiger partial charge in [-0.1, -0.05) is 28.1 Å². The number of hydrogen-bond donors (Lipinski definition) is 0. The van der Waals surface area contributed by atoms with Crippen molar-refractivity contribution in [2.24, 2.45) is 5.92 Å². The van der Waals surface area contributed by atoms with Gasteiger partial charge in [0.05, 0.1) is 12.7 Å². The molecular weight excluding hydrogens is 239 g/mol. The van der Waals surface area contributed by atoms with E-state index in [2.05, 4.69) is 20.7 Å². The summed E-state index contributed by atoms with van der Waals surface area (Å²) in [6, 6.07) is 0. The molecule has 0 heterocycles. The summed E-state index contributed by atoms with van der Waals surface area (Å²) in [6.07, 6.45) is 3.44. The maximum atomic E-state index is 13.2. The van der Waals surface area contributed by atoms with Crippen molar-refractivity contribution in [3.63, 3.8) is 0 Å². The van der Waals surface area contributed by atoms with Crippen LogP contribution in [0.2, 0.25) is 0 Å². The third-order valence-electron chi connectivity index (χ3n) is 1.87. The third kappa shape index (κ3) is 2.40. The van der Waals surface area contributed by atoms with Gasteiger partial charge < -0.3 is 4.74 Å². The van der Waals surface area contributed by atoms with Crippen LogP contribution >= 0.6 is 15.9 Å². The van der Waals surface area contributed by atoms with Crippen LogP contribution in [-0.4, -0.2) is 24.6 Å². The number of ether oxygens (including phenoxy) is 1. The first kappa shape index (κ1) is 10.4. The van der Waals surface area contributed by atoms with Gasteiger partial charge in [0.1, 0.15) is 6.17 Å². The predicted octanol–water partition coefficient (Wildman–Crippen LogP) is 2.00. The SMILES string of the molecule is COC(=O)C1=CC(F)C(CBr)C=C1. The molecule has 2 nitrogen and oxygen atoms in total. The lowest BCUT2D eigenvalue weighted by atomic mass is 9.97. The molecule has 0 saturated carbocycles. The number of halogens is 2. The Kier molecular flexibility index (Phi) is 3.66. The van der Waals surface area contributed by atoms with Crippen LogP contribution in [0.4, 0.5) is 4.39 Å². The zero-order valence-corrected chi connectivity index (χ0v) is 8.75. The van der Waals surface area contributed by atoms with Gasteiger partial charge in [-0.3, -0.25) is 0 Å². The number of rotatable bonds is 2. The molecule has 0 aromatic heterocycles. The molecule has 4 heteroatoms. The highest BCUT2D eigenvalue weighted by atomic mass is 79.9. The van der Waals surface area contributed by atoms with Crippen molar-refractivity contribution in [3.8, 4) is 0 Å². The first-order valence-electron chi connectivity index (χ1n) is 3.87. The minimum atomic E-state index is -1.11. The van der Waals surface area contributed by atoms with E-state index in [1.807, 2.05) is 0 Å².